The van der Waals surface area contributed by atoms with Crippen LogP contribution in [0.1, 0.15) is 44.4 Å². The molecule has 2 aromatic rings. The zero-order valence-electron chi connectivity index (χ0n) is 25.9. The third-order valence-corrected chi connectivity index (χ3v) is 11.8. The number of aromatic hydroxyl groups is 1. The average molecular weight is 667 g/mol. The van der Waals surface area contributed by atoms with E-state index < -0.39 is 23.3 Å². The van der Waals surface area contributed by atoms with Gasteiger partial charge >= 0.3 is 5.97 Å². The number of benzene rings is 1. The van der Waals surface area contributed by atoms with Crippen LogP contribution >= 0.6 is 21.6 Å². The molecule has 1 saturated heterocycles. The maximum atomic E-state index is 13.7. The number of nitrogens with one attached hydrogen (secondary N) is 2. The van der Waals surface area contributed by atoms with Gasteiger partial charge < -0.3 is 45.8 Å². The van der Waals surface area contributed by atoms with Gasteiger partial charge in [-0.1, -0.05) is 33.7 Å². The van der Waals surface area contributed by atoms with Crippen molar-refractivity contribution in [3.05, 3.63) is 80.3 Å². The molecule has 5 aliphatic heterocycles. The number of rotatable bonds is 0. The molecule has 7 rings (SSSR count). The molecule has 5 atom stereocenters. The van der Waals surface area contributed by atoms with E-state index in [1.165, 1.54) is 6.07 Å². The van der Waals surface area contributed by atoms with E-state index in [-0.39, 0.29) is 40.7 Å². The van der Waals surface area contributed by atoms with Crippen LogP contribution in [0.15, 0.2) is 67.9 Å². The summed E-state index contributed by atoms with van der Waals surface area (Å²) in [6.07, 6.45) is 7.14. The number of fused-ring (bicyclic) bond motifs is 7. The van der Waals surface area contributed by atoms with E-state index in [9.17, 15) is 14.7 Å². The van der Waals surface area contributed by atoms with Crippen molar-refractivity contribution in [2.75, 3.05) is 18.1 Å². The average Bonchev–Trinajstić information content (AvgIpc) is 3.67. The Labute approximate surface area is 274 Å². The summed E-state index contributed by atoms with van der Waals surface area (Å²) in [7, 11) is 3.36. The molecule has 46 heavy (non-hydrogen) atoms. The van der Waals surface area contributed by atoms with Crippen LogP contribution in [-0.2, 0) is 20.7 Å². The molecular formula is C33H38N4O7S2. The smallest absolute Gasteiger partial charge is 0.341 e. The SMILES string of the molecule is Cc1cc(=O)c2c(O)c3c(cc2o1)O[C@@]1(C)CCSSCC2=C(N)NCC=C2C2C=C(C=C(N)N2)CC[C@H]2O[C@]2(C)C(=O)O[C@@H]1C3. The fraction of sp³-hybridized carbons (Fsp3) is 0.455. The van der Waals surface area contributed by atoms with Crippen LogP contribution in [0.2, 0.25) is 0 Å². The summed E-state index contributed by atoms with van der Waals surface area (Å²) in [6, 6.07) is 2.87. The van der Waals surface area contributed by atoms with E-state index in [0.717, 1.165) is 16.7 Å². The number of aryl methyl sites for hydroxylation is 1. The van der Waals surface area contributed by atoms with Crippen LogP contribution < -0.4 is 32.3 Å². The summed E-state index contributed by atoms with van der Waals surface area (Å²) in [5.41, 5.74) is 14.2. The normalized spacial score (nSPS) is 31.4. The van der Waals surface area contributed by atoms with Gasteiger partial charge in [0.2, 0.25) is 0 Å². The molecule has 0 spiro atoms. The number of phenolic OH excluding ortho intramolecular Hbond substituents is 1. The van der Waals surface area contributed by atoms with Gasteiger partial charge in [0, 0.05) is 54.2 Å². The number of hydrogen-bond acceptors (Lipinski definition) is 13. The van der Waals surface area contributed by atoms with E-state index in [1.54, 1.807) is 41.5 Å². The van der Waals surface area contributed by atoms with Crippen LogP contribution in [0.5, 0.6) is 11.5 Å². The van der Waals surface area contributed by atoms with E-state index >= 15 is 0 Å². The van der Waals surface area contributed by atoms with Crippen LogP contribution in [-0.4, -0.2) is 58.6 Å². The fourth-order valence-corrected chi connectivity index (χ4v) is 9.07. The summed E-state index contributed by atoms with van der Waals surface area (Å²) in [4.78, 5) is 26.5. The zero-order valence-corrected chi connectivity index (χ0v) is 27.6. The number of nitrogens with two attached hydrogens (primary N) is 2. The van der Waals surface area contributed by atoms with Crippen LogP contribution in [0.25, 0.3) is 11.0 Å². The first-order valence-electron chi connectivity index (χ1n) is 15.4. The Kier molecular flexibility index (Phi) is 7.76. The lowest BCUT2D eigenvalue weighted by atomic mass is 9.86. The summed E-state index contributed by atoms with van der Waals surface area (Å²) in [5.74, 6) is 2.73. The molecule has 13 heteroatoms. The van der Waals surface area contributed by atoms with E-state index in [0.29, 0.717) is 66.0 Å². The molecule has 6 heterocycles. The van der Waals surface area contributed by atoms with Crippen molar-refractivity contribution in [2.45, 2.75) is 75.9 Å². The van der Waals surface area contributed by atoms with Crippen molar-refractivity contribution in [3.63, 3.8) is 0 Å². The maximum Gasteiger partial charge on any atom is 0.341 e. The molecule has 0 radical (unpaired) electrons. The first kappa shape index (κ1) is 30.9. The number of carbonyl (C=O) groups excluding carboxylic acids is 1. The van der Waals surface area contributed by atoms with Gasteiger partial charge in [-0.05, 0) is 50.8 Å². The second kappa shape index (κ2) is 11.5. The fourth-order valence-electron chi connectivity index (χ4n) is 6.73. The first-order valence-corrected chi connectivity index (χ1v) is 17.9. The van der Waals surface area contributed by atoms with Crippen LogP contribution in [0, 0.1) is 6.92 Å². The second-order valence-corrected chi connectivity index (χ2v) is 15.4. The summed E-state index contributed by atoms with van der Waals surface area (Å²) >= 11 is 0. The molecule has 0 saturated carbocycles. The lowest BCUT2D eigenvalue weighted by molar-refractivity contribution is -0.168. The monoisotopic (exact) mass is 666 g/mol. The van der Waals surface area contributed by atoms with Crippen molar-refractivity contribution in [3.8, 4) is 11.5 Å². The lowest BCUT2D eigenvalue weighted by Crippen LogP contribution is -2.52. The summed E-state index contributed by atoms with van der Waals surface area (Å²) in [5, 5.41) is 18.0. The Morgan fingerprint density at radius 2 is 1.96 bits per heavy atom. The quantitative estimate of drug-likeness (QED) is 0.157. The van der Waals surface area contributed by atoms with E-state index in [2.05, 4.69) is 22.8 Å². The third kappa shape index (κ3) is 5.51. The summed E-state index contributed by atoms with van der Waals surface area (Å²) < 4.78 is 24.5. The lowest BCUT2D eigenvalue weighted by Gasteiger charge is -2.42. The Morgan fingerprint density at radius 3 is 2.78 bits per heavy atom. The minimum absolute atomic E-state index is 0.0796. The number of hydrogen-bond donors (Lipinski definition) is 5. The molecule has 11 nitrogen and oxygen atoms in total. The number of esters is 1. The van der Waals surface area contributed by atoms with Gasteiger partial charge in [-0.25, -0.2) is 4.79 Å². The highest BCUT2D eigenvalue weighted by Gasteiger charge is 2.61. The Bertz CT molecular complexity index is 1820. The largest absolute Gasteiger partial charge is 0.507 e. The highest BCUT2D eigenvalue weighted by Crippen LogP contribution is 2.47. The van der Waals surface area contributed by atoms with Crippen LogP contribution in [0.3, 0.4) is 0 Å². The molecule has 0 aliphatic carbocycles. The van der Waals surface area contributed by atoms with E-state index in [4.69, 9.17) is 30.1 Å². The predicted molar refractivity (Wildman–Crippen MR) is 178 cm³/mol. The molecule has 1 unspecified atom stereocenters. The molecule has 1 aromatic carbocycles. The highest BCUT2D eigenvalue weighted by atomic mass is 33.1. The highest BCUT2D eigenvalue weighted by molar-refractivity contribution is 8.76. The number of allylic oxidation sites excluding steroid dienone is 2. The van der Waals surface area contributed by atoms with Gasteiger partial charge in [-0.2, -0.15) is 0 Å². The van der Waals surface area contributed by atoms with Gasteiger partial charge in [-0.3, -0.25) is 4.79 Å². The van der Waals surface area contributed by atoms with Gasteiger partial charge in [0.15, 0.2) is 11.0 Å². The minimum atomic E-state index is -1.11. The molecule has 5 aliphatic rings. The topological polar surface area (TPSA) is 175 Å². The van der Waals surface area contributed by atoms with Crippen molar-refractivity contribution in [2.24, 2.45) is 11.5 Å². The standard InChI is InChI=1S/C33H38N4O7S2/c1-16-10-22(38)28-24(41-16)14-23-19(29(28)39)13-26-32(2,43-23)7-9-45-46-15-20-18(6-8-36-30(20)35)21-11-17(12-27(34)37-21)4-5-25-33(3,44-25)31(40)42-26/h6,10-12,14,21,25-26,36-37,39H,4-5,7-9,13,15,34-35H2,1-3H3/t21?,25-,26-,32+,33+/m1/s1. The molecule has 244 valence electrons. The number of dihydropyridines is 2. The Balaban J connectivity index is 1.21. The molecule has 7 N–H and O–H groups in total. The van der Waals surface area contributed by atoms with Crippen molar-refractivity contribution in [1.29, 1.82) is 0 Å². The van der Waals surface area contributed by atoms with Crippen molar-refractivity contribution < 1.29 is 28.5 Å². The molecule has 1 fully saturated rings. The van der Waals surface area contributed by atoms with E-state index in [1.807, 2.05) is 13.0 Å². The van der Waals surface area contributed by atoms with Gasteiger partial charge in [0.05, 0.1) is 18.0 Å². The molecule has 0 amide bonds. The summed E-state index contributed by atoms with van der Waals surface area (Å²) in [6.45, 7) is 5.99. The Hall–Kier alpha value is -3.68. The second-order valence-electron chi connectivity index (χ2n) is 12.8. The number of epoxide rings is 1. The third-order valence-electron chi connectivity index (χ3n) is 9.52. The zero-order chi connectivity index (χ0) is 32.4. The van der Waals surface area contributed by atoms with Crippen LogP contribution in [0.4, 0.5) is 0 Å². The molecule has 2 bridgehead atoms. The van der Waals surface area contributed by atoms with Gasteiger partial charge in [0.1, 0.15) is 45.8 Å². The van der Waals surface area contributed by atoms with Gasteiger partial charge in [0.25, 0.3) is 0 Å². The molecular weight excluding hydrogens is 629 g/mol. The van der Waals surface area contributed by atoms with Crippen molar-refractivity contribution >= 4 is 38.5 Å². The van der Waals surface area contributed by atoms with Gasteiger partial charge in [-0.15, -0.1) is 0 Å². The Morgan fingerprint density at radius 1 is 1.13 bits per heavy atom. The number of carbonyl (C=O) groups is 1. The predicted octanol–water partition coefficient (Wildman–Crippen LogP) is 3.53. The van der Waals surface area contributed by atoms with Crippen molar-refractivity contribution in [1.82, 2.24) is 10.6 Å². The number of phenols is 1. The maximum absolute atomic E-state index is 13.7. The first-order chi connectivity index (χ1) is 21.9. The molecule has 1 aromatic heterocycles. The number of ether oxygens (including phenoxy) is 3. The minimum Gasteiger partial charge on any atom is -0.507 e.